The van der Waals surface area contributed by atoms with E-state index >= 15 is 0 Å². The Kier molecular flexibility index (Phi) is 5.23. The number of para-hydroxylation sites is 1. The van der Waals surface area contributed by atoms with Gasteiger partial charge in [-0.15, -0.1) is 0 Å². The average Bonchev–Trinajstić information content (AvgIpc) is 2.45. The number of rotatable bonds is 6. The molecule has 2 N–H and O–H groups in total. The second kappa shape index (κ2) is 6.94. The Hall–Kier alpha value is -1.55. The molecule has 0 spiro atoms. The summed E-state index contributed by atoms with van der Waals surface area (Å²) in [5.74, 6) is -0.510. The van der Waals surface area contributed by atoms with Gasteiger partial charge < -0.3 is 15.2 Å². The van der Waals surface area contributed by atoms with Crippen molar-refractivity contribution in [2.45, 2.75) is 45.6 Å². The standard InChI is InChI=1S/C17H25NO3/c1-17(2)9-7-13(8-10-17)18-11-12-21-15-6-4-3-5-14(15)16(19)20/h3-6,13,18H,7-12H2,1-2H3,(H,19,20). The molecule has 1 aliphatic carbocycles. The van der Waals surface area contributed by atoms with E-state index < -0.39 is 5.97 Å². The molecule has 1 aliphatic rings. The summed E-state index contributed by atoms with van der Waals surface area (Å²) in [5, 5.41) is 12.6. The maximum atomic E-state index is 11.1. The largest absolute Gasteiger partial charge is 0.491 e. The first kappa shape index (κ1) is 15.8. The van der Waals surface area contributed by atoms with Gasteiger partial charge in [-0.2, -0.15) is 0 Å². The number of ether oxygens (including phenoxy) is 1. The Morgan fingerprint density at radius 2 is 2.00 bits per heavy atom. The monoisotopic (exact) mass is 291 g/mol. The maximum absolute atomic E-state index is 11.1. The summed E-state index contributed by atoms with van der Waals surface area (Å²) in [6, 6.07) is 7.33. The second-order valence-electron chi connectivity index (χ2n) is 6.54. The molecule has 0 heterocycles. The van der Waals surface area contributed by atoms with Gasteiger partial charge in [0.1, 0.15) is 17.9 Å². The molecule has 0 radical (unpaired) electrons. The number of aromatic carboxylic acids is 1. The van der Waals surface area contributed by atoms with Gasteiger partial charge in [0, 0.05) is 12.6 Å². The fourth-order valence-corrected chi connectivity index (χ4v) is 2.80. The van der Waals surface area contributed by atoms with Crippen LogP contribution >= 0.6 is 0 Å². The number of nitrogens with one attached hydrogen (secondary N) is 1. The number of benzene rings is 1. The van der Waals surface area contributed by atoms with Crippen molar-refractivity contribution < 1.29 is 14.6 Å². The topological polar surface area (TPSA) is 58.6 Å². The predicted octanol–water partition coefficient (Wildman–Crippen LogP) is 3.32. The van der Waals surface area contributed by atoms with Crippen molar-refractivity contribution in [3.8, 4) is 5.75 Å². The van der Waals surface area contributed by atoms with Gasteiger partial charge in [0.2, 0.25) is 0 Å². The number of carbonyl (C=O) groups is 1. The molecule has 0 bridgehead atoms. The Bertz CT molecular complexity index is 475. The van der Waals surface area contributed by atoms with E-state index in [0.717, 1.165) is 6.54 Å². The predicted molar refractivity (Wildman–Crippen MR) is 82.9 cm³/mol. The highest BCUT2D eigenvalue weighted by atomic mass is 16.5. The Morgan fingerprint density at radius 1 is 1.33 bits per heavy atom. The number of carboxylic acids is 1. The van der Waals surface area contributed by atoms with Gasteiger partial charge in [-0.05, 0) is 43.2 Å². The summed E-state index contributed by atoms with van der Waals surface area (Å²) in [4.78, 5) is 11.1. The summed E-state index contributed by atoms with van der Waals surface area (Å²) in [5.41, 5.74) is 0.701. The summed E-state index contributed by atoms with van der Waals surface area (Å²) in [6.45, 7) is 5.90. The smallest absolute Gasteiger partial charge is 0.339 e. The molecule has 4 nitrogen and oxygen atoms in total. The highest BCUT2D eigenvalue weighted by Gasteiger charge is 2.26. The zero-order valence-electron chi connectivity index (χ0n) is 12.9. The van der Waals surface area contributed by atoms with Crippen LogP contribution in [0.2, 0.25) is 0 Å². The minimum absolute atomic E-state index is 0.219. The van der Waals surface area contributed by atoms with Crippen LogP contribution in [0.1, 0.15) is 49.9 Å². The molecule has 2 rings (SSSR count). The van der Waals surface area contributed by atoms with Crippen LogP contribution < -0.4 is 10.1 Å². The van der Waals surface area contributed by atoms with Crippen LogP contribution in [0.15, 0.2) is 24.3 Å². The van der Waals surface area contributed by atoms with E-state index in [1.54, 1.807) is 24.3 Å². The Balaban J connectivity index is 1.72. The molecule has 0 aromatic heterocycles. The summed E-state index contributed by atoms with van der Waals surface area (Å²) in [7, 11) is 0. The van der Waals surface area contributed by atoms with E-state index in [-0.39, 0.29) is 5.56 Å². The van der Waals surface area contributed by atoms with Crippen molar-refractivity contribution in [3.63, 3.8) is 0 Å². The molecule has 1 saturated carbocycles. The molecule has 0 atom stereocenters. The third-order valence-corrected chi connectivity index (χ3v) is 4.25. The fraction of sp³-hybridized carbons (Fsp3) is 0.588. The van der Waals surface area contributed by atoms with Crippen molar-refractivity contribution in [2.24, 2.45) is 5.41 Å². The lowest BCUT2D eigenvalue weighted by atomic mass is 9.75. The van der Waals surface area contributed by atoms with Crippen LogP contribution in [0.3, 0.4) is 0 Å². The van der Waals surface area contributed by atoms with Gasteiger partial charge in [-0.25, -0.2) is 4.79 Å². The van der Waals surface area contributed by atoms with Crippen LogP contribution in [0.5, 0.6) is 5.75 Å². The number of hydrogen-bond donors (Lipinski definition) is 2. The summed E-state index contributed by atoms with van der Waals surface area (Å²) >= 11 is 0. The van der Waals surface area contributed by atoms with E-state index in [9.17, 15) is 4.79 Å². The first-order valence-corrected chi connectivity index (χ1v) is 7.66. The SMILES string of the molecule is CC1(C)CCC(NCCOc2ccccc2C(=O)O)CC1. The summed E-state index contributed by atoms with van der Waals surface area (Å²) < 4.78 is 5.59. The molecule has 116 valence electrons. The van der Waals surface area contributed by atoms with Gasteiger partial charge >= 0.3 is 5.97 Å². The third-order valence-electron chi connectivity index (χ3n) is 4.25. The minimum Gasteiger partial charge on any atom is -0.491 e. The first-order chi connectivity index (χ1) is 9.98. The summed E-state index contributed by atoms with van der Waals surface area (Å²) in [6.07, 6.45) is 4.93. The minimum atomic E-state index is -0.951. The van der Waals surface area contributed by atoms with Crippen molar-refractivity contribution >= 4 is 5.97 Å². The molecule has 1 fully saturated rings. The molecule has 0 saturated heterocycles. The van der Waals surface area contributed by atoms with Gasteiger partial charge in [0.25, 0.3) is 0 Å². The average molecular weight is 291 g/mol. The third kappa shape index (κ3) is 4.74. The second-order valence-corrected chi connectivity index (χ2v) is 6.54. The van der Waals surface area contributed by atoms with E-state index in [2.05, 4.69) is 19.2 Å². The molecule has 0 unspecified atom stereocenters. The lowest BCUT2D eigenvalue weighted by Crippen LogP contribution is -2.37. The van der Waals surface area contributed by atoms with Crippen molar-refractivity contribution in [1.82, 2.24) is 5.32 Å². The number of carboxylic acid groups (broad SMARTS) is 1. The Morgan fingerprint density at radius 3 is 2.67 bits per heavy atom. The fourth-order valence-electron chi connectivity index (χ4n) is 2.80. The molecule has 4 heteroatoms. The van der Waals surface area contributed by atoms with Crippen LogP contribution in [-0.4, -0.2) is 30.3 Å². The molecule has 1 aromatic rings. The molecular formula is C17H25NO3. The highest BCUT2D eigenvalue weighted by Crippen LogP contribution is 2.34. The van der Waals surface area contributed by atoms with Crippen molar-refractivity contribution in [1.29, 1.82) is 0 Å². The Labute approximate surface area is 126 Å². The normalized spacial score (nSPS) is 18.4. The molecule has 21 heavy (non-hydrogen) atoms. The zero-order valence-corrected chi connectivity index (χ0v) is 12.9. The lowest BCUT2D eigenvalue weighted by molar-refractivity contribution is 0.0692. The van der Waals surface area contributed by atoms with E-state index in [1.165, 1.54) is 25.7 Å². The van der Waals surface area contributed by atoms with Gasteiger partial charge in [0.15, 0.2) is 0 Å². The lowest BCUT2D eigenvalue weighted by Gasteiger charge is -2.34. The zero-order chi connectivity index (χ0) is 15.3. The van der Waals surface area contributed by atoms with E-state index in [0.29, 0.717) is 23.8 Å². The van der Waals surface area contributed by atoms with Gasteiger partial charge in [-0.1, -0.05) is 26.0 Å². The molecule has 0 amide bonds. The van der Waals surface area contributed by atoms with Crippen molar-refractivity contribution in [2.75, 3.05) is 13.2 Å². The van der Waals surface area contributed by atoms with E-state index in [4.69, 9.17) is 9.84 Å². The van der Waals surface area contributed by atoms with Gasteiger partial charge in [0.05, 0.1) is 0 Å². The molecule has 0 aliphatic heterocycles. The van der Waals surface area contributed by atoms with Crippen molar-refractivity contribution in [3.05, 3.63) is 29.8 Å². The van der Waals surface area contributed by atoms with Crippen LogP contribution in [-0.2, 0) is 0 Å². The molecule has 1 aromatic carbocycles. The first-order valence-electron chi connectivity index (χ1n) is 7.66. The van der Waals surface area contributed by atoms with Crippen LogP contribution in [0.4, 0.5) is 0 Å². The highest BCUT2D eigenvalue weighted by molar-refractivity contribution is 5.90. The van der Waals surface area contributed by atoms with Crippen LogP contribution in [0, 0.1) is 5.41 Å². The number of hydrogen-bond acceptors (Lipinski definition) is 3. The van der Waals surface area contributed by atoms with Crippen LogP contribution in [0.25, 0.3) is 0 Å². The van der Waals surface area contributed by atoms with Gasteiger partial charge in [-0.3, -0.25) is 0 Å². The molecular weight excluding hydrogens is 266 g/mol. The quantitative estimate of drug-likeness (QED) is 0.789. The van der Waals surface area contributed by atoms with E-state index in [1.807, 2.05) is 0 Å². The maximum Gasteiger partial charge on any atom is 0.339 e.